The van der Waals surface area contributed by atoms with Crippen molar-refractivity contribution in [1.29, 1.82) is 0 Å². The number of carbonyl (C=O) groups is 1. The summed E-state index contributed by atoms with van der Waals surface area (Å²) in [6, 6.07) is 13.9. The minimum absolute atomic E-state index is 0.127. The van der Waals surface area contributed by atoms with Gasteiger partial charge in [-0.15, -0.1) is 11.3 Å². The number of nitrogens with zero attached hydrogens (tertiary/aromatic N) is 1. The highest BCUT2D eigenvalue weighted by Gasteiger charge is 2.09. The zero-order chi connectivity index (χ0) is 16.2. The third-order valence-corrected chi connectivity index (χ3v) is 3.85. The van der Waals surface area contributed by atoms with Crippen LogP contribution in [0.1, 0.15) is 6.92 Å². The van der Waals surface area contributed by atoms with E-state index in [1.54, 1.807) is 29.6 Å². The highest BCUT2D eigenvalue weighted by Crippen LogP contribution is 2.29. The Balaban J connectivity index is 1.80. The van der Waals surface area contributed by atoms with Crippen molar-refractivity contribution in [2.24, 2.45) is 0 Å². The Morgan fingerprint density at radius 3 is 2.70 bits per heavy atom. The van der Waals surface area contributed by atoms with Crippen molar-refractivity contribution in [3.8, 4) is 11.3 Å². The molecule has 2 N–H and O–H groups in total. The maximum atomic E-state index is 13.8. The van der Waals surface area contributed by atoms with Crippen LogP contribution in [0.5, 0.6) is 0 Å². The lowest BCUT2D eigenvalue weighted by molar-refractivity contribution is -0.114. The Kier molecular flexibility index (Phi) is 4.34. The molecule has 0 bridgehead atoms. The van der Waals surface area contributed by atoms with Crippen LogP contribution in [-0.4, -0.2) is 10.9 Å². The van der Waals surface area contributed by atoms with Crippen molar-refractivity contribution >= 4 is 33.8 Å². The van der Waals surface area contributed by atoms with Crippen molar-refractivity contribution in [2.45, 2.75) is 6.92 Å². The number of carbonyl (C=O) groups excluding carboxylic acids is 1. The lowest BCUT2D eigenvalue weighted by Crippen LogP contribution is -2.05. The molecule has 0 aliphatic rings. The molecule has 1 heterocycles. The highest BCUT2D eigenvalue weighted by molar-refractivity contribution is 7.14. The molecule has 0 aliphatic heterocycles. The van der Waals surface area contributed by atoms with Crippen molar-refractivity contribution in [1.82, 2.24) is 4.98 Å². The molecule has 3 rings (SSSR count). The number of anilines is 3. The lowest BCUT2D eigenvalue weighted by atomic mass is 10.2. The van der Waals surface area contributed by atoms with E-state index in [2.05, 4.69) is 15.6 Å². The molecule has 0 unspecified atom stereocenters. The molecule has 0 radical (unpaired) electrons. The van der Waals surface area contributed by atoms with Gasteiger partial charge in [0.1, 0.15) is 5.82 Å². The summed E-state index contributed by atoms with van der Waals surface area (Å²) in [4.78, 5) is 15.5. The van der Waals surface area contributed by atoms with E-state index in [1.807, 2.05) is 18.2 Å². The molecule has 23 heavy (non-hydrogen) atoms. The summed E-state index contributed by atoms with van der Waals surface area (Å²) in [6.07, 6.45) is 0. The topological polar surface area (TPSA) is 54.0 Å². The Morgan fingerprint density at radius 1 is 1.13 bits per heavy atom. The fraction of sp³-hybridized carbons (Fsp3) is 0.0588. The number of amides is 1. The number of rotatable bonds is 4. The van der Waals surface area contributed by atoms with Crippen LogP contribution in [0.3, 0.4) is 0 Å². The monoisotopic (exact) mass is 327 g/mol. The molecule has 0 saturated heterocycles. The number of halogens is 1. The van der Waals surface area contributed by atoms with Gasteiger partial charge in [0.2, 0.25) is 5.91 Å². The maximum absolute atomic E-state index is 13.8. The second-order valence-corrected chi connectivity index (χ2v) is 5.76. The summed E-state index contributed by atoms with van der Waals surface area (Å²) in [5.41, 5.74) is 2.57. The standard InChI is InChI=1S/C17H14FN3OS/c1-11(22)19-12-5-4-6-13(9-12)20-17-21-16(10-23-17)14-7-2-3-8-15(14)18/h2-10H,1H3,(H,19,22)(H,20,21). The van der Waals surface area contributed by atoms with E-state index in [0.717, 1.165) is 5.69 Å². The zero-order valence-electron chi connectivity index (χ0n) is 12.3. The average molecular weight is 327 g/mol. The van der Waals surface area contributed by atoms with Gasteiger partial charge in [-0.05, 0) is 30.3 Å². The predicted molar refractivity (Wildman–Crippen MR) is 91.5 cm³/mol. The molecule has 0 aliphatic carbocycles. The van der Waals surface area contributed by atoms with Gasteiger partial charge in [-0.2, -0.15) is 0 Å². The number of hydrogen-bond donors (Lipinski definition) is 2. The fourth-order valence-electron chi connectivity index (χ4n) is 2.13. The molecule has 1 amide bonds. The minimum Gasteiger partial charge on any atom is -0.331 e. The van der Waals surface area contributed by atoms with Crippen LogP contribution in [0.25, 0.3) is 11.3 Å². The van der Waals surface area contributed by atoms with Crippen LogP contribution in [0.15, 0.2) is 53.9 Å². The number of benzene rings is 2. The Bertz CT molecular complexity index is 847. The van der Waals surface area contributed by atoms with Gasteiger partial charge < -0.3 is 10.6 Å². The third kappa shape index (κ3) is 3.73. The molecular formula is C17H14FN3OS. The first-order valence-electron chi connectivity index (χ1n) is 6.97. The molecule has 116 valence electrons. The fourth-order valence-corrected chi connectivity index (χ4v) is 2.86. The third-order valence-electron chi connectivity index (χ3n) is 3.09. The normalized spacial score (nSPS) is 10.3. The van der Waals surface area contributed by atoms with Gasteiger partial charge in [-0.25, -0.2) is 9.37 Å². The van der Waals surface area contributed by atoms with Gasteiger partial charge in [0.15, 0.2) is 5.13 Å². The van der Waals surface area contributed by atoms with Crippen molar-refractivity contribution in [3.63, 3.8) is 0 Å². The van der Waals surface area contributed by atoms with E-state index < -0.39 is 0 Å². The van der Waals surface area contributed by atoms with Gasteiger partial charge in [-0.3, -0.25) is 4.79 Å². The van der Waals surface area contributed by atoms with Crippen LogP contribution in [-0.2, 0) is 4.79 Å². The van der Waals surface area contributed by atoms with E-state index >= 15 is 0 Å². The smallest absolute Gasteiger partial charge is 0.221 e. The van der Waals surface area contributed by atoms with Crippen molar-refractivity contribution < 1.29 is 9.18 Å². The average Bonchev–Trinajstić information content (AvgIpc) is 2.95. The number of aromatic nitrogens is 1. The van der Waals surface area contributed by atoms with E-state index in [0.29, 0.717) is 22.1 Å². The lowest BCUT2D eigenvalue weighted by Gasteiger charge is -2.06. The quantitative estimate of drug-likeness (QED) is 0.733. The van der Waals surface area contributed by atoms with Crippen LogP contribution in [0.4, 0.5) is 20.9 Å². The highest BCUT2D eigenvalue weighted by atomic mass is 32.1. The van der Waals surface area contributed by atoms with Crippen LogP contribution >= 0.6 is 11.3 Å². The molecule has 2 aromatic carbocycles. The van der Waals surface area contributed by atoms with Gasteiger partial charge in [0, 0.05) is 29.2 Å². The van der Waals surface area contributed by atoms with E-state index in [9.17, 15) is 9.18 Å². The molecule has 6 heteroatoms. The summed E-state index contributed by atoms with van der Waals surface area (Å²) in [6.45, 7) is 1.46. The van der Waals surface area contributed by atoms with Crippen LogP contribution < -0.4 is 10.6 Å². The summed E-state index contributed by atoms with van der Waals surface area (Å²) in [5.74, 6) is -0.421. The molecule has 3 aromatic rings. The number of thiazole rings is 1. The molecule has 0 spiro atoms. The summed E-state index contributed by atoms with van der Waals surface area (Å²) >= 11 is 1.39. The predicted octanol–water partition coefficient (Wildman–Crippen LogP) is 4.65. The molecule has 1 aromatic heterocycles. The molecule has 4 nitrogen and oxygen atoms in total. The van der Waals surface area contributed by atoms with E-state index in [-0.39, 0.29) is 11.7 Å². The first-order valence-corrected chi connectivity index (χ1v) is 7.85. The van der Waals surface area contributed by atoms with Gasteiger partial charge in [0.25, 0.3) is 0 Å². The summed E-state index contributed by atoms with van der Waals surface area (Å²) in [7, 11) is 0. The Morgan fingerprint density at radius 2 is 1.91 bits per heavy atom. The maximum Gasteiger partial charge on any atom is 0.221 e. The van der Waals surface area contributed by atoms with Gasteiger partial charge in [-0.1, -0.05) is 18.2 Å². The first-order chi connectivity index (χ1) is 11.1. The summed E-state index contributed by atoms with van der Waals surface area (Å²) < 4.78 is 13.8. The second-order valence-electron chi connectivity index (χ2n) is 4.90. The summed E-state index contributed by atoms with van der Waals surface area (Å²) in [5, 5.41) is 8.34. The molecular weight excluding hydrogens is 313 g/mol. The minimum atomic E-state index is -0.294. The van der Waals surface area contributed by atoms with Crippen LogP contribution in [0, 0.1) is 5.82 Å². The SMILES string of the molecule is CC(=O)Nc1cccc(Nc2nc(-c3ccccc3F)cs2)c1. The molecule has 0 fully saturated rings. The van der Waals surface area contributed by atoms with E-state index in [4.69, 9.17) is 0 Å². The van der Waals surface area contributed by atoms with Crippen molar-refractivity contribution in [2.75, 3.05) is 10.6 Å². The van der Waals surface area contributed by atoms with E-state index in [1.165, 1.54) is 24.3 Å². The Hall–Kier alpha value is -2.73. The molecule has 0 saturated carbocycles. The molecule has 0 atom stereocenters. The van der Waals surface area contributed by atoms with Crippen molar-refractivity contribution in [3.05, 3.63) is 59.7 Å². The zero-order valence-corrected chi connectivity index (χ0v) is 13.2. The number of nitrogens with one attached hydrogen (secondary N) is 2. The largest absolute Gasteiger partial charge is 0.331 e. The Labute approximate surface area is 137 Å². The van der Waals surface area contributed by atoms with Gasteiger partial charge in [0.05, 0.1) is 5.69 Å². The first kappa shape index (κ1) is 15.2. The second kappa shape index (κ2) is 6.58. The number of hydrogen-bond acceptors (Lipinski definition) is 4. The van der Waals surface area contributed by atoms with Crippen LogP contribution in [0.2, 0.25) is 0 Å². The van der Waals surface area contributed by atoms with Gasteiger partial charge >= 0.3 is 0 Å².